The SMILES string of the molecule is [BH3-][PH+](c1ccccc1)c1ccccc1. The third-order valence-corrected chi connectivity index (χ3v) is 3.08. The Morgan fingerprint density at radius 2 is 1.00 bits per heavy atom. The Kier molecular flexibility index (Phi) is 3.01. The van der Waals surface area contributed by atoms with E-state index in [9.17, 15) is 0 Å². The number of hydrogen-bond acceptors (Lipinski definition) is 0. The van der Waals surface area contributed by atoms with Crippen LogP contribution < -0.4 is 10.6 Å². The van der Waals surface area contributed by atoms with Gasteiger partial charge in [0.1, 0.15) is 7.57 Å². The average Bonchev–Trinajstić information content (AvgIpc) is 2.30. The van der Waals surface area contributed by atoms with Gasteiger partial charge in [-0.3, -0.25) is 0 Å². The lowest BCUT2D eigenvalue weighted by Gasteiger charge is -2.09. The highest BCUT2D eigenvalue weighted by atomic mass is 31.1. The van der Waals surface area contributed by atoms with Crippen molar-refractivity contribution in [3.8, 4) is 0 Å². The maximum atomic E-state index is 2.29. The molecule has 0 saturated carbocycles. The second-order valence-electron chi connectivity index (χ2n) is 2.86. The number of hydrogen-bond donors (Lipinski definition) is 0. The standard InChI is InChI=1S/C12H14BP/c13-14(11-7-3-1-4-8-11)12-9-5-2-6-10-12/h1-10,14H,13H3. The third-order valence-electron chi connectivity index (χ3n) is 1.84. The maximum Gasteiger partial charge on any atom is 0.135 e. The lowest BCUT2D eigenvalue weighted by molar-refractivity contribution is 1.76. The van der Waals surface area contributed by atoms with Crippen molar-refractivity contribution in [1.29, 1.82) is 0 Å². The fourth-order valence-corrected chi connectivity index (χ4v) is 2.26. The Bertz CT molecular complexity index is 346. The fourth-order valence-electron chi connectivity index (χ4n) is 1.21. The first-order valence-electron chi connectivity index (χ1n) is 4.32. The summed E-state index contributed by atoms with van der Waals surface area (Å²) >= 11 is 0. The molecule has 2 aromatic carbocycles. The highest BCUT2D eigenvalue weighted by Gasteiger charge is 2.08. The Morgan fingerprint density at radius 1 is 0.643 bits per heavy atom. The molecule has 70 valence electrons. The van der Waals surface area contributed by atoms with Crippen molar-refractivity contribution >= 4 is 26.0 Å². The Balaban J connectivity index is 2.30. The van der Waals surface area contributed by atoms with Crippen LogP contribution in [-0.4, -0.2) is 7.57 Å². The molecular formula is C12H14BP. The molecule has 0 amide bonds. The second-order valence-corrected chi connectivity index (χ2v) is 4.26. The Morgan fingerprint density at radius 3 is 1.36 bits per heavy atom. The first-order valence-corrected chi connectivity index (χ1v) is 5.32. The van der Waals surface area contributed by atoms with Crippen LogP contribution in [0.2, 0.25) is 0 Å². The minimum Gasteiger partial charge on any atom is -0.105 e. The van der Waals surface area contributed by atoms with Crippen LogP contribution >= 0.6 is 7.80 Å². The summed E-state index contributed by atoms with van der Waals surface area (Å²) in [6, 6.07) is 22.0. The van der Waals surface area contributed by atoms with Gasteiger partial charge in [-0.1, -0.05) is 36.4 Å². The molecule has 0 bridgehead atoms. The summed E-state index contributed by atoms with van der Waals surface area (Å²) in [4.78, 5) is 0. The van der Waals surface area contributed by atoms with E-state index in [0.29, 0.717) is 7.57 Å². The van der Waals surface area contributed by atoms with Crippen LogP contribution in [-0.2, 0) is 0 Å². The van der Waals surface area contributed by atoms with Crippen LogP contribution in [0.25, 0.3) is 0 Å². The third kappa shape index (κ3) is 2.05. The average molecular weight is 200 g/mol. The maximum absolute atomic E-state index is 2.29. The van der Waals surface area contributed by atoms with Crippen molar-refractivity contribution in [2.45, 2.75) is 0 Å². The molecule has 14 heavy (non-hydrogen) atoms. The van der Waals surface area contributed by atoms with Crippen LogP contribution in [0.4, 0.5) is 0 Å². The molecule has 0 saturated heterocycles. The van der Waals surface area contributed by atoms with Gasteiger partial charge in [0.2, 0.25) is 0 Å². The molecule has 0 aliphatic carbocycles. The minimum atomic E-state index is -0.295. The van der Waals surface area contributed by atoms with Gasteiger partial charge in [-0.2, -0.15) is 0 Å². The summed E-state index contributed by atoms with van der Waals surface area (Å²) < 4.78 is 0. The predicted molar refractivity (Wildman–Crippen MR) is 70.4 cm³/mol. The fraction of sp³-hybridized carbons (Fsp3) is 0. The molecule has 0 radical (unpaired) electrons. The predicted octanol–water partition coefficient (Wildman–Crippen LogP) is 1.13. The molecule has 0 aliphatic heterocycles. The van der Waals surface area contributed by atoms with Gasteiger partial charge in [0.25, 0.3) is 0 Å². The molecule has 0 atom stereocenters. The Hall–Kier alpha value is -1.07. The second kappa shape index (κ2) is 4.44. The van der Waals surface area contributed by atoms with Gasteiger partial charge in [0.15, 0.2) is 0 Å². The van der Waals surface area contributed by atoms with Crippen molar-refractivity contribution in [2.24, 2.45) is 0 Å². The Labute approximate surface area is 87.1 Å². The summed E-state index contributed by atoms with van der Waals surface area (Å²) in [6.07, 6.45) is 0. The molecule has 2 aromatic rings. The highest BCUT2D eigenvalue weighted by Crippen LogP contribution is 2.26. The molecule has 0 spiro atoms. The van der Waals surface area contributed by atoms with Crippen LogP contribution in [0, 0.1) is 0 Å². The molecule has 0 unspecified atom stereocenters. The van der Waals surface area contributed by atoms with E-state index in [0.717, 1.165) is 0 Å². The van der Waals surface area contributed by atoms with E-state index in [1.165, 1.54) is 0 Å². The highest BCUT2D eigenvalue weighted by molar-refractivity contribution is 7.94. The first-order chi connectivity index (χ1) is 6.88. The van der Waals surface area contributed by atoms with E-state index in [2.05, 4.69) is 60.7 Å². The molecule has 0 aromatic heterocycles. The largest absolute Gasteiger partial charge is 0.135 e. The molecule has 0 aliphatic rings. The lowest BCUT2D eigenvalue weighted by atomic mass is 10.4. The van der Waals surface area contributed by atoms with Crippen LogP contribution in [0.15, 0.2) is 60.7 Å². The first kappa shape index (κ1) is 9.49. The van der Waals surface area contributed by atoms with Crippen LogP contribution in [0.3, 0.4) is 0 Å². The monoisotopic (exact) mass is 200 g/mol. The molecule has 0 fully saturated rings. The summed E-state index contributed by atoms with van der Waals surface area (Å²) in [5.41, 5.74) is 0. The molecular weight excluding hydrogens is 186 g/mol. The zero-order valence-electron chi connectivity index (χ0n) is 7.27. The van der Waals surface area contributed by atoms with Crippen molar-refractivity contribution in [3.05, 3.63) is 60.7 Å². The normalized spacial score (nSPS) is 10.4. The summed E-state index contributed by atoms with van der Waals surface area (Å²) in [7, 11) is 0.110. The van der Waals surface area contributed by atoms with E-state index in [-0.39, 0.29) is 7.80 Å². The molecule has 2 heteroatoms. The molecule has 0 heterocycles. The summed E-state index contributed by atoms with van der Waals surface area (Å²) in [5.74, 6) is 0. The van der Waals surface area contributed by atoms with E-state index in [4.69, 9.17) is 0 Å². The van der Waals surface area contributed by atoms with Gasteiger partial charge < -0.3 is 0 Å². The van der Waals surface area contributed by atoms with E-state index >= 15 is 0 Å². The number of benzene rings is 2. The van der Waals surface area contributed by atoms with Crippen molar-refractivity contribution in [3.63, 3.8) is 0 Å². The van der Waals surface area contributed by atoms with Crippen molar-refractivity contribution in [1.82, 2.24) is 0 Å². The zero-order valence-corrected chi connectivity index (χ0v) is 8.27. The van der Waals surface area contributed by atoms with Gasteiger partial charge in [-0.25, -0.2) is 0 Å². The van der Waals surface area contributed by atoms with Crippen LogP contribution in [0.5, 0.6) is 0 Å². The zero-order chi connectivity index (χ0) is 9.80. The number of rotatable bonds is 2. The van der Waals surface area contributed by atoms with Crippen molar-refractivity contribution in [2.75, 3.05) is 0 Å². The molecule has 0 N–H and O–H groups in total. The topological polar surface area (TPSA) is 0 Å². The molecule has 2 rings (SSSR count). The van der Waals surface area contributed by atoms with Gasteiger partial charge in [-0.15, -0.1) is 7.80 Å². The van der Waals surface area contributed by atoms with E-state index in [1.807, 2.05) is 0 Å². The van der Waals surface area contributed by atoms with E-state index in [1.54, 1.807) is 10.6 Å². The smallest absolute Gasteiger partial charge is 0.105 e. The van der Waals surface area contributed by atoms with E-state index < -0.39 is 0 Å². The quantitative estimate of drug-likeness (QED) is 0.503. The van der Waals surface area contributed by atoms with Gasteiger partial charge >= 0.3 is 0 Å². The van der Waals surface area contributed by atoms with Gasteiger partial charge in [-0.05, 0) is 24.3 Å². The summed E-state index contributed by atoms with van der Waals surface area (Å²) in [6.45, 7) is 0. The van der Waals surface area contributed by atoms with Crippen LogP contribution in [0.1, 0.15) is 0 Å². The summed E-state index contributed by atoms with van der Waals surface area (Å²) in [5, 5.41) is 3.17. The van der Waals surface area contributed by atoms with Gasteiger partial charge in [0.05, 0.1) is 10.6 Å². The van der Waals surface area contributed by atoms with Gasteiger partial charge in [0, 0.05) is 0 Å². The molecule has 0 nitrogen and oxygen atoms in total. The lowest BCUT2D eigenvalue weighted by Crippen LogP contribution is -2.10. The minimum absolute atomic E-state index is 0.295. The van der Waals surface area contributed by atoms with Crippen molar-refractivity contribution < 1.29 is 0 Å².